The third-order valence-corrected chi connectivity index (χ3v) is 1.68. The second-order valence-corrected chi connectivity index (χ2v) is 3.05. The number of hydrogen-bond donors (Lipinski definition) is 3. The maximum atomic E-state index is 10.9. The Hall–Kier alpha value is -1.10. The van der Waals surface area contributed by atoms with Gasteiger partial charge in [-0.3, -0.25) is 9.59 Å². The Morgan fingerprint density at radius 3 is 2.50 bits per heavy atom. The monoisotopic (exact) mass is 202 g/mol. The lowest BCUT2D eigenvalue weighted by Gasteiger charge is -2.04. The number of amides is 1. The fourth-order valence-corrected chi connectivity index (χ4v) is 0.939. The van der Waals surface area contributed by atoms with Crippen LogP contribution in [0.15, 0.2) is 0 Å². The van der Waals surface area contributed by atoms with Crippen LogP contribution >= 0.6 is 0 Å². The molecule has 0 aliphatic heterocycles. The quantitative estimate of drug-likeness (QED) is 0.483. The minimum atomic E-state index is -1.02. The average molecular weight is 202 g/mol. The first kappa shape index (κ1) is 12.9. The molecule has 0 heterocycles. The van der Waals surface area contributed by atoms with Crippen molar-refractivity contribution in [3.63, 3.8) is 0 Å². The fraction of sp³-hybridized carbons (Fsp3) is 0.778. The number of nitrogens with one attached hydrogen (secondary N) is 2. The molecule has 0 saturated heterocycles. The van der Waals surface area contributed by atoms with Crippen LogP contribution in [0, 0.1) is 0 Å². The van der Waals surface area contributed by atoms with E-state index in [2.05, 4.69) is 17.6 Å². The van der Waals surface area contributed by atoms with Gasteiger partial charge in [0.15, 0.2) is 0 Å². The summed E-state index contributed by atoms with van der Waals surface area (Å²) in [5, 5.41) is 13.5. The smallest absolute Gasteiger partial charge is 0.322 e. The molecule has 0 spiro atoms. The summed E-state index contributed by atoms with van der Waals surface area (Å²) >= 11 is 0. The molecule has 5 nitrogen and oxygen atoms in total. The molecule has 0 atom stereocenters. The lowest BCUT2D eigenvalue weighted by atomic mass is 10.2. The first-order valence-corrected chi connectivity index (χ1v) is 4.86. The molecule has 0 saturated carbocycles. The van der Waals surface area contributed by atoms with E-state index in [-0.39, 0.29) is 19.0 Å². The van der Waals surface area contributed by atoms with Gasteiger partial charge in [-0.15, -0.1) is 0 Å². The summed E-state index contributed by atoms with van der Waals surface area (Å²) in [6.45, 7) is 2.79. The zero-order valence-corrected chi connectivity index (χ0v) is 8.51. The molecule has 0 unspecified atom stereocenters. The average Bonchev–Trinajstić information content (AvgIpc) is 2.14. The minimum absolute atomic E-state index is 0.191. The van der Waals surface area contributed by atoms with Crippen LogP contribution in [-0.4, -0.2) is 36.6 Å². The Morgan fingerprint density at radius 2 is 1.93 bits per heavy atom. The molecule has 82 valence electrons. The maximum absolute atomic E-state index is 10.9. The highest BCUT2D eigenvalue weighted by Gasteiger charge is 2.01. The number of rotatable bonds is 8. The van der Waals surface area contributed by atoms with Gasteiger partial charge >= 0.3 is 5.97 Å². The van der Waals surface area contributed by atoms with Crippen LogP contribution in [0.1, 0.15) is 26.2 Å². The highest BCUT2D eigenvalue weighted by molar-refractivity contribution is 5.82. The summed E-state index contributed by atoms with van der Waals surface area (Å²) in [7, 11) is 0. The zero-order chi connectivity index (χ0) is 10.8. The predicted octanol–water partition coefficient (Wildman–Crippen LogP) is -0.0330. The third-order valence-electron chi connectivity index (χ3n) is 1.68. The van der Waals surface area contributed by atoms with Crippen molar-refractivity contribution in [3.8, 4) is 0 Å². The lowest BCUT2D eigenvalue weighted by Crippen LogP contribution is -2.37. The van der Waals surface area contributed by atoms with Gasteiger partial charge in [-0.25, -0.2) is 0 Å². The van der Waals surface area contributed by atoms with E-state index in [4.69, 9.17) is 5.11 Å². The number of carboxylic acid groups (broad SMARTS) is 1. The van der Waals surface area contributed by atoms with Gasteiger partial charge in [0.2, 0.25) is 5.91 Å². The second-order valence-electron chi connectivity index (χ2n) is 3.05. The van der Waals surface area contributed by atoms with E-state index in [1.807, 2.05) is 0 Å². The van der Waals surface area contributed by atoms with Crippen LogP contribution in [0.2, 0.25) is 0 Å². The molecular formula is C9H18N2O3. The maximum Gasteiger partial charge on any atom is 0.322 e. The Kier molecular flexibility index (Phi) is 7.83. The molecule has 0 fully saturated rings. The summed E-state index contributed by atoms with van der Waals surface area (Å²) < 4.78 is 0. The van der Waals surface area contributed by atoms with Crippen molar-refractivity contribution in [2.24, 2.45) is 0 Å². The summed E-state index contributed by atoms with van der Waals surface area (Å²) in [5.41, 5.74) is 0. The first-order valence-electron chi connectivity index (χ1n) is 4.86. The molecule has 14 heavy (non-hydrogen) atoms. The molecule has 0 radical (unpaired) electrons. The van der Waals surface area contributed by atoms with Crippen molar-refractivity contribution in [2.45, 2.75) is 26.2 Å². The molecule has 0 bridgehead atoms. The van der Waals surface area contributed by atoms with Gasteiger partial charge in [-0.2, -0.15) is 0 Å². The number of hydrogen-bond acceptors (Lipinski definition) is 3. The number of carbonyl (C=O) groups is 2. The summed E-state index contributed by atoms with van der Waals surface area (Å²) in [6, 6.07) is 0. The zero-order valence-electron chi connectivity index (χ0n) is 8.51. The van der Waals surface area contributed by atoms with Gasteiger partial charge in [0.1, 0.15) is 6.54 Å². The fourth-order valence-electron chi connectivity index (χ4n) is 0.939. The number of carbonyl (C=O) groups excluding carboxylic acids is 1. The second kappa shape index (κ2) is 8.50. The minimum Gasteiger partial charge on any atom is -0.480 e. The summed E-state index contributed by atoms with van der Waals surface area (Å²) in [4.78, 5) is 21.0. The Morgan fingerprint density at radius 1 is 1.21 bits per heavy atom. The van der Waals surface area contributed by atoms with Crippen molar-refractivity contribution >= 4 is 11.9 Å². The standard InChI is InChI=1S/C9H18N2O3/c1-2-3-4-5-10-6-8(12)11-7-9(13)14/h10H,2-7H2,1H3,(H,11,12)(H,13,14). The van der Waals surface area contributed by atoms with E-state index in [0.29, 0.717) is 0 Å². The van der Waals surface area contributed by atoms with Crippen LogP contribution in [0.5, 0.6) is 0 Å². The normalized spacial score (nSPS) is 9.79. The first-order chi connectivity index (χ1) is 6.66. The van der Waals surface area contributed by atoms with E-state index in [1.54, 1.807) is 0 Å². The van der Waals surface area contributed by atoms with E-state index < -0.39 is 5.97 Å². The molecule has 5 heteroatoms. The van der Waals surface area contributed by atoms with E-state index >= 15 is 0 Å². The number of carboxylic acids is 1. The van der Waals surface area contributed by atoms with Crippen LogP contribution in [0.3, 0.4) is 0 Å². The molecule has 0 aromatic heterocycles. The SMILES string of the molecule is CCCCCNCC(=O)NCC(=O)O. The van der Waals surface area contributed by atoms with Crippen molar-refractivity contribution in [1.82, 2.24) is 10.6 Å². The molecule has 0 aliphatic carbocycles. The van der Waals surface area contributed by atoms with E-state index in [1.165, 1.54) is 0 Å². The molecule has 0 aromatic rings. The van der Waals surface area contributed by atoms with Gasteiger partial charge in [-0.1, -0.05) is 19.8 Å². The van der Waals surface area contributed by atoms with Crippen molar-refractivity contribution in [1.29, 1.82) is 0 Å². The van der Waals surface area contributed by atoms with Gasteiger partial charge in [0, 0.05) is 0 Å². The molecular weight excluding hydrogens is 184 g/mol. The van der Waals surface area contributed by atoms with Gasteiger partial charge in [0.25, 0.3) is 0 Å². The van der Waals surface area contributed by atoms with Crippen molar-refractivity contribution in [2.75, 3.05) is 19.6 Å². The topological polar surface area (TPSA) is 78.4 Å². The van der Waals surface area contributed by atoms with Crippen molar-refractivity contribution in [3.05, 3.63) is 0 Å². The van der Waals surface area contributed by atoms with Gasteiger partial charge in [-0.05, 0) is 13.0 Å². The number of unbranched alkanes of at least 4 members (excludes halogenated alkanes) is 2. The molecule has 1 amide bonds. The molecule has 0 aliphatic rings. The Bertz CT molecular complexity index is 183. The van der Waals surface area contributed by atoms with Gasteiger partial charge in [0.05, 0.1) is 6.54 Å². The Labute approximate surface area is 83.9 Å². The van der Waals surface area contributed by atoms with Crippen molar-refractivity contribution < 1.29 is 14.7 Å². The largest absolute Gasteiger partial charge is 0.480 e. The summed E-state index contributed by atoms with van der Waals surface area (Å²) in [6.07, 6.45) is 3.33. The third kappa shape index (κ3) is 8.99. The molecule has 0 rings (SSSR count). The van der Waals surface area contributed by atoms with Crippen LogP contribution in [-0.2, 0) is 9.59 Å². The highest BCUT2D eigenvalue weighted by Crippen LogP contribution is 1.90. The molecule has 0 aromatic carbocycles. The Balaban J connectivity index is 3.22. The van der Waals surface area contributed by atoms with Crippen LogP contribution < -0.4 is 10.6 Å². The highest BCUT2D eigenvalue weighted by atomic mass is 16.4. The van der Waals surface area contributed by atoms with E-state index in [9.17, 15) is 9.59 Å². The number of aliphatic carboxylic acids is 1. The van der Waals surface area contributed by atoms with Gasteiger partial charge < -0.3 is 15.7 Å². The van der Waals surface area contributed by atoms with Crippen LogP contribution in [0.4, 0.5) is 0 Å². The predicted molar refractivity (Wildman–Crippen MR) is 53.0 cm³/mol. The molecule has 3 N–H and O–H groups in total. The van der Waals surface area contributed by atoms with E-state index in [0.717, 1.165) is 25.8 Å². The van der Waals surface area contributed by atoms with Crippen LogP contribution in [0.25, 0.3) is 0 Å². The summed E-state index contributed by atoms with van der Waals surface area (Å²) in [5.74, 6) is -1.30. The lowest BCUT2D eigenvalue weighted by molar-refractivity contribution is -0.137.